The number of morpholine rings is 1. The Morgan fingerprint density at radius 3 is 2.17 bits per heavy atom. The third-order valence-corrected chi connectivity index (χ3v) is 6.23. The third-order valence-electron chi connectivity index (χ3n) is 5.11. The zero-order valence-corrected chi connectivity index (χ0v) is 17.0. The van der Waals surface area contributed by atoms with Crippen molar-refractivity contribution in [1.29, 1.82) is 0 Å². The Kier molecular flexibility index (Phi) is 5.25. The molecule has 1 aromatic heterocycles. The Balaban J connectivity index is 1.71. The fourth-order valence-corrected chi connectivity index (χ4v) is 4.19. The average Bonchev–Trinajstić information content (AvgIpc) is 2.74. The molecule has 0 unspecified atom stereocenters. The van der Waals surface area contributed by atoms with Gasteiger partial charge in [-0.25, -0.2) is 13.4 Å². The summed E-state index contributed by atoms with van der Waals surface area (Å²) in [6.07, 6.45) is 2.87. The molecule has 0 atom stereocenters. The summed E-state index contributed by atoms with van der Waals surface area (Å²) in [5, 5.41) is 0. The van der Waals surface area contributed by atoms with Crippen LogP contribution in [-0.4, -0.2) is 46.0 Å². The van der Waals surface area contributed by atoms with Gasteiger partial charge in [0.15, 0.2) is 9.84 Å². The van der Waals surface area contributed by atoms with Crippen molar-refractivity contribution in [3.8, 4) is 22.3 Å². The van der Waals surface area contributed by atoms with Gasteiger partial charge in [0.1, 0.15) is 5.82 Å². The molecule has 29 heavy (non-hydrogen) atoms. The molecule has 0 bridgehead atoms. The number of benzene rings is 2. The predicted octanol–water partition coefficient (Wildman–Crippen LogP) is 3.24. The maximum atomic E-state index is 11.7. The number of rotatable bonds is 4. The summed E-state index contributed by atoms with van der Waals surface area (Å²) in [7, 11) is -3.24. The Hall–Kier alpha value is -2.90. The zero-order chi connectivity index (χ0) is 20.4. The predicted molar refractivity (Wildman–Crippen MR) is 116 cm³/mol. The largest absolute Gasteiger partial charge is 0.383 e. The molecule has 2 heterocycles. The lowest BCUT2D eigenvalue weighted by Crippen LogP contribution is -2.36. The number of aromatic nitrogens is 1. The van der Waals surface area contributed by atoms with Gasteiger partial charge in [-0.05, 0) is 47.0 Å². The Morgan fingerprint density at radius 1 is 0.931 bits per heavy atom. The van der Waals surface area contributed by atoms with Gasteiger partial charge in [-0.1, -0.05) is 24.3 Å². The van der Waals surface area contributed by atoms with Gasteiger partial charge in [0.2, 0.25) is 0 Å². The van der Waals surface area contributed by atoms with Crippen LogP contribution in [0.5, 0.6) is 0 Å². The number of ether oxygens (including phenoxy) is 1. The highest BCUT2D eigenvalue weighted by molar-refractivity contribution is 7.90. The van der Waals surface area contributed by atoms with E-state index >= 15 is 0 Å². The van der Waals surface area contributed by atoms with Crippen LogP contribution >= 0.6 is 0 Å². The normalized spacial score (nSPS) is 14.7. The van der Waals surface area contributed by atoms with Crippen molar-refractivity contribution in [2.75, 3.05) is 43.2 Å². The van der Waals surface area contributed by atoms with Crippen molar-refractivity contribution in [3.05, 3.63) is 60.8 Å². The topological polar surface area (TPSA) is 85.5 Å². The summed E-state index contributed by atoms with van der Waals surface area (Å²) in [4.78, 5) is 6.85. The molecular weight excluding hydrogens is 386 g/mol. The molecule has 1 saturated heterocycles. The highest BCUT2D eigenvalue weighted by Crippen LogP contribution is 2.36. The van der Waals surface area contributed by atoms with Crippen molar-refractivity contribution in [2.45, 2.75) is 4.90 Å². The second kappa shape index (κ2) is 7.85. The maximum Gasteiger partial charge on any atom is 0.175 e. The summed E-state index contributed by atoms with van der Waals surface area (Å²) >= 11 is 0. The first-order valence-electron chi connectivity index (χ1n) is 9.41. The van der Waals surface area contributed by atoms with E-state index in [1.165, 1.54) is 6.26 Å². The summed E-state index contributed by atoms with van der Waals surface area (Å²) in [5.74, 6) is 0.439. The van der Waals surface area contributed by atoms with E-state index in [4.69, 9.17) is 10.5 Å². The van der Waals surface area contributed by atoms with Crippen LogP contribution in [0.25, 0.3) is 22.3 Å². The molecule has 2 aromatic carbocycles. The third kappa shape index (κ3) is 4.11. The maximum absolute atomic E-state index is 11.7. The molecule has 150 valence electrons. The van der Waals surface area contributed by atoms with Gasteiger partial charge in [0.05, 0.1) is 18.1 Å². The van der Waals surface area contributed by atoms with E-state index in [1.807, 2.05) is 18.2 Å². The zero-order valence-electron chi connectivity index (χ0n) is 16.2. The molecule has 0 saturated carbocycles. The van der Waals surface area contributed by atoms with Gasteiger partial charge in [-0.3, -0.25) is 0 Å². The molecule has 0 amide bonds. The Labute approximate surface area is 170 Å². The summed E-state index contributed by atoms with van der Waals surface area (Å²) < 4.78 is 28.9. The minimum atomic E-state index is -3.24. The lowest BCUT2D eigenvalue weighted by atomic mass is 9.95. The minimum Gasteiger partial charge on any atom is -0.383 e. The second-order valence-corrected chi connectivity index (χ2v) is 9.08. The Bertz CT molecular complexity index is 1110. The average molecular weight is 410 g/mol. The van der Waals surface area contributed by atoms with E-state index in [0.717, 1.165) is 54.2 Å². The van der Waals surface area contributed by atoms with Gasteiger partial charge < -0.3 is 15.4 Å². The molecule has 6 nitrogen and oxygen atoms in total. The van der Waals surface area contributed by atoms with Gasteiger partial charge in [-0.15, -0.1) is 0 Å². The lowest BCUT2D eigenvalue weighted by molar-refractivity contribution is 0.122. The number of nitrogens with two attached hydrogens (primary N) is 1. The molecule has 1 aliphatic rings. The fourth-order valence-electron chi connectivity index (χ4n) is 3.56. The van der Waals surface area contributed by atoms with Crippen molar-refractivity contribution in [1.82, 2.24) is 4.98 Å². The monoisotopic (exact) mass is 409 g/mol. The molecule has 2 N–H and O–H groups in total. The molecule has 7 heteroatoms. The van der Waals surface area contributed by atoms with E-state index < -0.39 is 9.84 Å². The number of nitrogen functional groups attached to an aromatic ring is 1. The van der Waals surface area contributed by atoms with Gasteiger partial charge >= 0.3 is 0 Å². The van der Waals surface area contributed by atoms with Crippen molar-refractivity contribution >= 4 is 21.3 Å². The molecule has 1 aliphatic heterocycles. The summed E-state index contributed by atoms with van der Waals surface area (Å²) in [6, 6.07) is 17.0. The van der Waals surface area contributed by atoms with Crippen LogP contribution in [0.2, 0.25) is 0 Å². The van der Waals surface area contributed by atoms with E-state index in [9.17, 15) is 8.42 Å². The quantitative estimate of drug-likeness (QED) is 0.712. The Morgan fingerprint density at radius 2 is 1.55 bits per heavy atom. The fraction of sp³-hybridized carbons (Fsp3) is 0.227. The molecule has 0 aliphatic carbocycles. The first kappa shape index (κ1) is 19.4. The van der Waals surface area contributed by atoms with Gasteiger partial charge in [-0.2, -0.15) is 0 Å². The number of pyridine rings is 1. The van der Waals surface area contributed by atoms with Crippen LogP contribution in [0, 0.1) is 0 Å². The van der Waals surface area contributed by atoms with Crippen molar-refractivity contribution in [2.24, 2.45) is 0 Å². The van der Waals surface area contributed by atoms with Crippen LogP contribution in [-0.2, 0) is 14.6 Å². The van der Waals surface area contributed by atoms with E-state index in [-0.39, 0.29) is 0 Å². The summed E-state index contributed by atoms with van der Waals surface area (Å²) in [6.45, 7) is 3.24. The number of sulfone groups is 1. The van der Waals surface area contributed by atoms with Crippen LogP contribution < -0.4 is 10.6 Å². The van der Waals surface area contributed by atoms with Crippen LogP contribution in [0.15, 0.2) is 65.7 Å². The molecule has 0 spiro atoms. The smallest absolute Gasteiger partial charge is 0.175 e. The number of anilines is 2. The highest BCUT2D eigenvalue weighted by atomic mass is 32.2. The van der Waals surface area contributed by atoms with E-state index in [1.54, 1.807) is 30.5 Å². The molecule has 0 radical (unpaired) electrons. The van der Waals surface area contributed by atoms with E-state index in [2.05, 4.69) is 22.0 Å². The van der Waals surface area contributed by atoms with Crippen molar-refractivity contribution < 1.29 is 13.2 Å². The van der Waals surface area contributed by atoms with Crippen molar-refractivity contribution in [3.63, 3.8) is 0 Å². The van der Waals surface area contributed by atoms with E-state index in [0.29, 0.717) is 10.7 Å². The standard InChI is InChI=1S/C22H23N3O3S/c1-29(26,27)19-8-4-16(5-9-19)20-10-11-24-22(23)21(20)17-2-6-18(7-3-17)25-12-14-28-15-13-25/h2-11H,12-15H2,1H3,(H2,23,24). The SMILES string of the molecule is CS(=O)(=O)c1ccc(-c2ccnc(N)c2-c2ccc(N3CCOCC3)cc2)cc1. The first-order valence-corrected chi connectivity index (χ1v) is 11.3. The minimum absolute atomic E-state index is 0.291. The van der Waals surface area contributed by atoms with Crippen LogP contribution in [0.3, 0.4) is 0 Å². The molecule has 3 aromatic rings. The van der Waals surface area contributed by atoms with Crippen LogP contribution in [0.4, 0.5) is 11.5 Å². The lowest BCUT2D eigenvalue weighted by Gasteiger charge is -2.29. The number of hydrogen-bond donors (Lipinski definition) is 1. The number of nitrogens with zero attached hydrogens (tertiary/aromatic N) is 2. The first-order chi connectivity index (χ1) is 13.9. The molecule has 1 fully saturated rings. The second-order valence-electron chi connectivity index (χ2n) is 7.06. The molecule has 4 rings (SSSR count). The van der Waals surface area contributed by atoms with Gasteiger partial charge in [0, 0.05) is 36.8 Å². The van der Waals surface area contributed by atoms with Crippen LogP contribution in [0.1, 0.15) is 0 Å². The number of hydrogen-bond acceptors (Lipinski definition) is 6. The van der Waals surface area contributed by atoms with Gasteiger partial charge in [0.25, 0.3) is 0 Å². The molecular formula is C22H23N3O3S. The summed E-state index contributed by atoms with van der Waals surface area (Å²) in [5.41, 5.74) is 11.0. The highest BCUT2D eigenvalue weighted by Gasteiger charge is 2.15.